The van der Waals surface area contributed by atoms with Crippen LogP contribution in [0.2, 0.25) is 0 Å². The molecule has 0 bridgehead atoms. The van der Waals surface area contributed by atoms with Crippen molar-refractivity contribution in [3.8, 4) is 0 Å². The fourth-order valence-electron chi connectivity index (χ4n) is 3.14. The van der Waals surface area contributed by atoms with Crippen LogP contribution in [0.3, 0.4) is 0 Å². The minimum absolute atomic E-state index is 0.0252. The summed E-state index contributed by atoms with van der Waals surface area (Å²) in [5.41, 5.74) is -1.27. The normalized spacial score (nSPS) is 12.6. The van der Waals surface area contributed by atoms with Crippen molar-refractivity contribution in [1.82, 2.24) is 10.2 Å². The number of carbonyl (C=O) groups excluding carboxylic acids is 1. The zero-order valence-electron chi connectivity index (χ0n) is 17.7. The van der Waals surface area contributed by atoms with Gasteiger partial charge in [0, 0.05) is 13.1 Å². The molecular formula is C21H26F3N3O3S. The van der Waals surface area contributed by atoms with Gasteiger partial charge in [-0.3, -0.25) is 9.52 Å². The summed E-state index contributed by atoms with van der Waals surface area (Å²) in [6, 6.07) is 9.33. The Hall–Kier alpha value is -2.59. The van der Waals surface area contributed by atoms with Crippen molar-refractivity contribution >= 4 is 21.6 Å². The van der Waals surface area contributed by atoms with E-state index in [1.54, 1.807) is 6.07 Å². The minimum Gasteiger partial charge on any atom is -0.351 e. The van der Waals surface area contributed by atoms with Crippen LogP contribution >= 0.6 is 0 Å². The quantitative estimate of drug-likeness (QED) is 0.632. The summed E-state index contributed by atoms with van der Waals surface area (Å²) in [5, 5.41) is 2.79. The van der Waals surface area contributed by atoms with Crippen LogP contribution in [0, 0.1) is 5.41 Å². The van der Waals surface area contributed by atoms with Crippen LogP contribution in [0.15, 0.2) is 53.4 Å². The second-order valence-electron chi connectivity index (χ2n) is 8.26. The minimum atomic E-state index is -4.68. The lowest BCUT2D eigenvalue weighted by atomic mass is 9.93. The summed E-state index contributed by atoms with van der Waals surface area (Å²) >= 11 is 0. The third-order valence-electron chi connectivity index (χ3n) is 4.36. The van der Waals surface area contributed by atoms with Gasteiger partial charge < -0.3 is 10.2 Å². The Morgan fingerprint density at radius 1 is 1.03 bits per heavy atom. The topological polar surface area (TPSA) is 78.5 Å². The number of sulfonamides is 1. The second-order valence-corrected chi connectivity index (χ2v) is 9.94. The summed E-state index contributed by atoms with van der Waals surface area (Å²) in [5.74, 6) is -0.492. The van der Waals surface area contributed by atoms with Crippen LogP contribution in [0.25, 0.3) is 0 Å². The molecule has 0 atom stereocenters. The maximum absolute atomic E-state index is 12.9. The number of alkyl halides is 3. The molecule has 0 aromatic heterocycles. The number of para-hydroxylation sites is 1. The Labute approximate surface area is 180 Å². The predicted molar refractivity (Wildman–Crippen MR) is 113 cm³/mol. The van der Waals surface area contributed by atoms with E-state index in [-0.39, 0.29) is 16.7 Å². The number of benzene rings is 2. The van der Waals surface area contributed by atoms with Gasteiger partial charge in [-0.1, -0.05) is 32.0 Å². The zero-order valence-corrected chi connectivity index (χ0v) is 18.6. The number of nitrogens with one attached hydrogen (secondary N) is 2. The van der Waals surface area contributed by atoms with Crippen molar-refractivity contribution < 1.29 is 26.4 Å². The Morgan fingerprint density at radius 2 is 1.68 bits per heavy atom. The van der Waals surface area contributed by atoms with E-state index in [0.717, 1.165) is 24.7 Å². The third-order valence-corrected chi connectivity index (χ3v) is 5.72. The number of nitrogens with zero attached hydrogens (tertiary/aromatic N) is 1. The molecule has 0 aliphatic heterocycles. The van der Waals surface area contributed by atoms with E-state index in [2.05, 4.69) is 10.0 Å². The van der Waals surface area contributed by atoms with E-state index in [1.165, 1.54) is 18.2 Å². The molecule has 0 heterocycles. The number of hydrogen-bond acceptors (Lipinski definition) is 4. The maximum Gasteiger partial charge on any atom is 0.416 e. The van der Waals surface area contributed by atoms with Crippen LogP contribution in [0.4, 0.5) is 18.9 Å². The number of rotatable bonds is 8. The largest absolute Gasteiger partial charge is 0.416 e. The van der Waals surface area contributed by atoms with Crippen LogP contribution in [-0.2, 0) is 16.2 Å². The molecule has 2 aromatic carbocycles. The lowest BCUT2D eigenvalue weighted by Gasteiger charge is -2.28. The molecule has 0 aliphatic rings. The molecule has 1 amide bonds. The standard InChI is InChI=1S/C21H26F3N3O3S/c1-20(2,14-27(3)4)13-25-19(28)17-10-5-6-11-18(17)26-31(29,30)16-9-7-8-15(12-16)21(22,23)24/h5-12,26H,13-14H2,1-4H3,(H,25,28). The first-order valence-corrected chi connectivity index (χ1v) is 10.9. The summed E-state index contributed by atoms with van der Waals surface area (Å²) in [6.07, 6.45) is -4.68. The molecule has 0 radical (unpaired) electrons. The maximum atomic E-state index is 12.9. The van der Waals surface area contributed by atoms with Gasteiger partial charge >= 0.3 is 6.18 Å². The molecule has 10 heteroatoms. The van der Waals surface area contributed by atoms with Gasteiger partial charge in [0.25, 0.3) is 15.9 Å². The van der Waals surface area contributed by atoms with Crippen molar-refractivity contribution in [3.63, 3.8) is 0 Å². The molecule has 0 spiro atoms. The Balaban J connectivity index is 2.25. The number of hydrogen-bond donors (Lipinski definition) is 2. The molecule has 0 unspecified atom stereocenters. The molecular weight excluding hydrogens is 431 g/mol. The second kappa shape index (κ2) is 9.27. The molecule has 31 heavy (non-hydrogen) atoms. The van der Waals surface area contributed by atoms with E-state index in [4.69, 9.17) is 0 Å². The van der Waals surface area contributed by atoms with Gasteiger partial charge in [0.1, 0.15) is 0 Å². The van der Waals surface area contributed by atoms with Crippen molar-refractivity contribution in [1.29, 1.82) is 0 Å². The monoisotopic (exact) mass is 457 g/mol. The van der Waals surface area contributed by atoms with Gasteiger partial charge in [0.05, 0.1) is 21.7 Å². The Kier molecular flexibility index (Phi) is 7.38. The molecule has 0 fully saturated rings. The Bertz CT molecular complexity index is 1040. The fraction of sp³-hybridized carbons (Fsp3) is 0.381. The average molecular weight is 458 g/mol. The summed E-state index contributed by atoms with van der Waals surface area (Å²) in [6.45, 7) is 5.03. The van der Waals surface area contributed by atoms with Gasteiger partial charge in [-0.2, -0.15) is 13.2 Å². The SMILES string of the molecule is CN(C)CC(C)(C)CNC(=O)c1ccccc1NS(=O)(=O)c1cccc(C(F)(F)F)c1. The highest BCUT2D eigenvalue weighted by molar-refractivity contribution is 7.92. The van der Waals surface area contributed by atoms with Gasteiger partial charge in [-0.15, -0.1) is 0 Å². The Morgan fingerprint density at radius 3 is 2.29 bits per heavy atom. The summed E-state index contributed by atoms with van der Waals surface area (Å²) in [7, 11) is -0.512. The highest BCUT2D eigenvalue weighted by Crippen LogP contribution is 2.31. The molecule has 0 aliphatic carbocycles. The van der Waals surface area contributed by atoms with Crippen LogP contribution < -0.4 is 10.0 Å². The number of amides is 1. The lowest BCUT2D eigenvalue weighted by Crippen LogP contribution is -2.40. The zero-order chi connectivity index (χ0) is 23.4. The smallest absolute Gasteiger partial charge is 0.351 e. The van der Waals surface area contributed by atoms with Crippen molar-refractivity contribution in [3.05, 3.63) is 59.7 Å². The van der Waals surface area contributed by atoms with Crippen molar-refractivity contribution in [2.24, 2.45) is 5.41 Å². The van der Waals surface area contributed by atoms with Gasteiger partial charge in [0.2, 0.25) is 0 Å². The van der Waals surface area contributed by atoms with E-state index in [1.807, 2.05) is 32.8 Å². The highest BCUT2D eigenvalue weighted by atomic mass is 32.2. The predicted octanol–water partition coefficient (Wildman–Crippen LogP) is 3.82. The van der Waals surface area contributed by atoms with Gasteiger partial charge in [0.15, 0.2) is 0 Å². The molecule has 2 aromatic rings. The van der Waals surface area contributed by atoms with Crippen molar-refractivity contribution in [2.75, 3.05) is 31.9 Å². The number of carbonyl (C=O) groups is 1. The van der Waals surface area contributed by atoms with Crippen molar-refractivity contribution in [2.45, 2.75) is 24.9 Å². The van der Waals surface area contributed by atoms with Gasteiger partial charge in [-0.05, 0) is 49.8 Å². The lowest BCUT2D eigenvalue weighted by molar-refractivity contribution is -0.137. The summed E-state index contributed by atoms with van der Waals surface area (Å²) < 4.78 is 66.4. The fourth-order valence-corrected chi connectivity index (χ4v) is 4.27. The van der Waals surface area contributed by atoms with Gasteiger partial charge in [-0.25, -0.2) is 8.42 Å². The molecule has 6 nitrogen and oxygen atoms in total. The number of anilines is 1. The average Bonchev–Trinajstić information content (AvgIpc) is 2.65. The first kappa shape index (κ1) is 24.7. The molecule has 0 saturated heterocycles. The first-order chi connectivity index (χ1) is 14.2. The van der Waals surface area contributed by atoms with E-state index >= 15 is 0 Å². The first-order valence-electron chi connectivity index (χ1n) is 9.43. The molecule has 2 rings (SSSR count). The van der Waals surface area contributed by atoms with E-state index in [9.17, 15) is 26.4 Å². The van der Waals surface area contributed by atoms with Crippen LogP contribution in [-0.4, -0.2) is 46.4 Å². The summed E-state index contributed by atoms with van der Waals surface area (Å²) in [4.78, 5) is 14.1. The van der Waals surface area contributed by atoms with E-state index < -0.39 is 32.6 Å². The molecule has 2 N–H and O–H groups in total. The third kappa shape index (κ3) is 6.96. The van der Waals surface area contributed by atoms with Crippen LogP contribution in [0.5, 0.6) is 0 Å². The number of halogens is 3. The molecule has 170 valence electrons. The highest BCUT2D eigenvalue weighted by Gasteiger charge is 2.32. The molecule has 0 saturated carbocycles. The van der Waals surface area contributed by atoms with E-state index in [0.29, 0.717) is 12.6 Å². The van der Waals surface area contributed by atoms with Crippen LogP contribution in [0.1, 0.15) is 29.8 Å².